The highest BCUT2D eigenvalue weighted by Gasteiger charge is 2.37. The lowest BCUT2D eigenvalue weighted by Crippen LogP contribution is -2.50. The fourth-order valence-electron chi connectivity index (χ4n) is 3.20. The van der Waals surface area contributed by atoms with Gasteiger partial charge in [0, 0.05) is 29.0 Å². The molecule has 2 amide bonds. The van der Waals surface area contributed by atoms with Gasteiger partial charge in [-0.1, -0.05) is 23.5 Å². The molecule has 3 rings (SSSR count). The van der Waals surface area contributed by atoms with Crippen LogP contribution in [0.2, 0.25) is 0 Å². The van der Waals surface area contributed by atoms with Gasteiger partial charge in [0.05, 0.1) is 0 Å². The second-order valence-corrected chi connectivity index (χ2v) is 8.70. The second-order valence-electron chi connectivity index (χ2n) is 8.09. The SMILES string of the molecule is CCC(C)(C)NC(=O)[C@H](c1ccncc1)N(C(=O)c1csnn1)c1cccc(C)c1C. The van der Waals surface area contributed by atoms with Gasteiger partial charge in [-0.3, -0.25) is 19.5 Å². The quantitative estimate of drug-likeness (QED) is 0.597. The zero-order valence-electron chi connectivity index (χ0n) is 18.4. The lowest BCUT2D eigenvalue weighted by atomic mass is 9.97. The van der Waals surface area contributed by atoms with Gasteiger partial charge < -0.3 is 5.32 Å². The molecule has 0 aliphatic rings. The number of hydrogen-bond acceptors (Lipinski definition) is 6. The highest BCUT2D eigenvalue weighted by atomic mass is 32.1. The van der Waals surface area contributed by atoms with Crippen LogP contribution in [-0.2, 0) is 4.79 Å². The third-order valence-electron chi connectivity index (χ3n) is 5.51. The van der Waals surface area contributed by atoms with E-state index in [0.29, 0.717) is 11.3 Å². The summed E-state index contributed by atoms with van der Waals surface area (Å²) in [6.07, 6.45) is 3.99. The van der Waals surface area contributed by atoms with Crippen LogP contribution in [0, 0.1) is 13.8 Å². The van der Waals surface area contributed by atoms with Crippen molar-refractivity contribution in [2.45, 2.75) is 52.6 Å². The van der Waals surface area contributed by atoms with Crippen LogP contribution >= 0.6 is 11.5 Å². The largest absolute Gasteiger partial charge is 0.349 e. The summed E-state index contributed by atoms with van der Waals surface area (Å²) in [6.45, 7) is 9.86. The van der Waals surface area contributed by atoms with Gasteiger partial charge in [-0.15, -0.1) is 5.10 Å². The van der Waals surface area contributed by atoms with E-state index in [1.165, 1.54) is 4.90 Å². The Balaban J connectivity index is 2.21. The van der Waals surface area contributed by atoms with Crippen LogP contribution in [0.15, 0.2) is 48.1 Å². The molecule has 162 valence electrons. The minimum atomic E-state index is -0.900. The van der Waals surface area contributed by atoms with Crippen LogP contribution in [0.3, 0.4) is 0 Å². The van der Waals surface area contributed by atoms with Gasteiger partial charge in [0.25, 0.3) is 5.91 Å². The van der Waals surface area contributed by atoms with Gasteiger partial charge in [0.1, 0.15) is 6.04 Å². The maximum atomic E-state index is 13.7. The van der Waals surface area contributed by atoms with Gasteiger partial charge in [0.15, 0.2) is 5.69 Å². The molecule has 2 heterocycles. The fourth-order valence-corrected chi connectivity index (χ4v) is 3.63. The summed E-state index contributed by atoms with van der Waals surface area (Å²) < 4.78 is 3.84. The van der Waals surface area contributed by atoms with E-state index in [4.69, 9.17) is 0 Å². The Labute approximate surface area is 186 Å². The average Bonchev–Trinajstić information content (AvgIpc) is 3.29. The van der Waals surface area contributed by atoms with Gasteiger partial charge >= 0.3 is 0 Å². The zero-order chi connectivity index (χ0) is 22.6. The monoisotopic (exact) mass is 437 g/mol. The van der Waals surface area contributed by atoms with Crippen molar-refractivity contribution < 1.29 is 9.59 Å². The number of aromatic nitrogens is 3. The molecule has 0 unspecified atom stereocenters. The molecule has 0 saturated heterocycles. The van der Waals surface area contributed by atoms with Gasteiger partial charge in [-0.25, -0.2) is 0 Å². The van der Waals surface area contributed by atoms with E-state index in [1.54, 1.807) is 29.9 Å². The van der Waals surface area contributed by atoms with Crippen molar-refractivity contribution in [3.63, 3.8) is 0 Å². The highest BCUT2D eigenvalue weighted by Crippen LogP contribution is 2.33. The van der Waals surface area contributed by atoms with Crippen molar-refractivity contribution in [1.29, 1.82) is 0 Å². The van der Waals surface area contributed by atoms with Crippen molar-refractivity contribution in [3.8, 4) is 0 Å². The molecule has 0 bridgehead atoms. The molecule has 0 saturated carbocycles. The van der Waals surface area contributed by atoms with Crippen LogP contribution in [0.1, 0.15) is 60.4 Å². The van der Waals surface area contributed by atoms with Crippen LogP contribution < -0.4 is 10.2 Å². The van der Waals surface area contributed by atoms with Crippen LogP contribution in [0.25, 0.3) is 0 Å². The lowest BCUT2D eigenvalue weighted by Gasteiger charge is -2.35. The second kappa shape index (κ2) is 9.34. The molecule has 0 aliphatic carbocycles. The molecule has 1 aromatic carbocycles. The number of rotatable bonds is 7. The first-order chi connectivity index (χ1) is 14.7. The Kier molecular flexibility index (Phi) is 6.80. The number of hydrogen-bond donors (Lipinski definition) is 1. The zero-order valence-corrected chi connectivity index (χ0v) is 19.2. The molecule has 0 spiro atoms. The minimum Gasteiger partial charge on any atom is -0.349 e. The molecule has 7 nitrogen and oxygen atoms in total. The summed E-state index contributed by atoms with van der Waals surface area (Å²) in [6, 6.07) is 8.33. The summed E-state index contributed by atoms with van der Waals surface area (Å²) in [5.41, 5.74) is 3.03. The van der Waals surface area contributed by atoms with Crippen molar-refractivity contribution in [2.75, 3.05) is 4.90 Å². The smallest absolute Gasteiger partial charge is 0.280 e. The van der Waals surface area contributed by atoms with Crippen LogP contribution in [0.5, 0.6) is 0 Å². The molecule has 0 radical (unpaired) electrons. The van der Waals surface area contributed by atoms with E-state index < -0.39 is 11.6 Å². The molecule has 0 fully saturated rings. The summed E-state index contributed by atoms with van der Waals surface area (Å²) >= 11 is 1.10. The average molecular weight is 438 g/mol. The first kappa shape index (κ1) is 22.6. The van der Waals surface area contributed by atoms with E-state index in [-0.39, 0.29) is 17.5 Å². The molecule has 8 heteroatoms. The predicted octanol–water partition coefficient (Wildman–Crippen LogP) is 4.24. The van der Waals surface area contributed by atoms with Gasteiger partial charge in [-0.05, 0) is 80.5 Å². The third-order valence-corrected chi connectivity index (χ3v) is 6.01. The summed E-state index contributed by atoms with van der Waals surface area (Å²) in [7, 11) is 0. The van der Waals surface area contributed by atoms with Crippen molar-refractivity contribution in [3.05, 3.63) is 70.5 Å². The normalized spacial score (nSPS) is 12.3. The molecule has 0 aliphatic heterocycles. The number of nitrogens with zero attached hydrogens (tertiary/aromatic N) is 4. The van der Waals surface area contributed by atoms with Crippen molar-refractivity contribution in [2.24, 2.45) is 0 Å². The van der Waals surface area contributed by atoms with Crippen molar-refractivity contribution >= 4 is 29.0 Å². The fraction of sp³-hybridized carbons (Fsp3) is 0.348. The lowest BCUT2D eigenvalue weighted by molar-refractivity contribution is -0.124. The number of nitrogens with one attached hydrogen (secondary N) is 1. The maximum Gasteiger partial charge on any atom is 0.280 e. The Morgan fingerprint density at radius 1 is 1.16 bits per heavy atom. The molecule has 2 aromatic heterocycles. The van der Waals surface area contributed by atoms with Crippen molar-refractivity contribution in [1.82, 2.24) is 19.9 Å². The van der Waals surface area contributed by atoms with Crippen LogP contribution in [0.4, 0.5) is 5.69 Å². The Bertz CT molecular complexity index is 1050. The molecule has 1 atom stereocenters. The first-order valence-electron chi connectivity index (χ1n) is 10.1. The standard InChI is InChI=1S/C23H27N5O2S/c1-6-23(4,5)25-21(29)20(17-10-12-24-13-11-17)28(22(30)18-14-31-27-26-18)19-9-7-8-15(2)16(19)3/h7-14,20H,6H2,1-5H3,(H,25,29)/t20-/m0/s1. The molecule has 1 N–H and O–H groups in total. The number of pyridine rings is 1. The summed E-state index contributed by atoms with van der Waals surface area (Å²) in [5, 5.41) is 8.67. The van der Waals surface area contributed by atoms with E-state index in [9.17, 15) is 9.59 Å². The van der Waals surface area contributed by atoms with E-state index in [0.717, 1.165) is 29.1 Å². The molecule has 31 heavy (non-hydrogen) atoms. The number of amides is 2. The van der Waals surface area contributed by atoms with E-state index in [2.05, 4.69) is 19.9 Å². The molecular weight excluding hydrogens is 410 g/mol. The summed E-state index contributed by atoms with van der Waals surface area (Å²) in [4.78, 5) is 32.9. The van der Waals surface area contributed by atoms with E-state index >= 15 is 0 Å². The maximum absolute atomic E-state index is 13.7. The van der Waals surface area contributed by atoms with Gasteiger partial charge in [-0.2, -0.15) is 0 Å². The van der Waals surface area contributed by atoms with Crippen LogP contribution in [-0.4, -0.2) is 31.9 Å². The topological polar surface area (TPSA) is 88.1 Å². The van der Waals surface area contributed by atoms with Gasteiger partial charge in [0.2, 0.25) is 5.91 Å². The Morgan fingerprint density at radius 2 is 1.87 bits per heavy atom. The number of carbonyl (C=O) groups excluding carboxylic acids is 2. The Hall–Kier alpha value is -3.13. The molecule has 3 aromatic rings. The number of carbonyl (C=O) groups is 2. The number of aryl methyl sites for hydroxylation is 1. The Morgan fingerprint density at radius 3 is 2.48 bits per heavy atom. The number of anilines is 1. The van der Waals surface area contributed by atoms with E-state index in [1.807, 2.05) is 52.8 Å². The first-order valence-corrected chi connectivity index (χ1v) is 11.0. The molecular formula is C23H27N5O2S. The number of benzene rings is 1. The predicted molar refractivity (Wildman–Crippen MR) is 122 cm³/mol. The summed E-state index contributed by atoms with van der Waals surface area (Å²) in [5.74, 6) is -0.649. The minimum absolute atomic E-state index is 0.201. The highest BCUT2D eigenvalue weighted by molar-refractivity contribution is 7.03. The third kappa shape index (κ3) is 4.96.